The number of amides is 2. The van der Waals surface area contributed by atoms with Gasteiger partial charge in [-0.3, -0.25) is 14.8 Å². The fourth-order valence-corrected chi connectivity index (χ4v) is 5.99. The molecule has 2 N–H and O–H groups in total. The standard InChI is InChI=1S/C23H23N3O9S2/c1-36(30,31)18-8-4-16(5-9-18)35-17-6-10-19(11-7-17)37(32,33)26-13-12-25(15-20(26)22(27)24-29)23(28)21-3-2-14-34-21/h2-11,14,20,29H,12-13,15H2,1H3,(H,24,27). The van der Waals surface area contributed by atoms with E-state index in [1.165, 1.54) is 77.3 Å². The molecule has 4 rings (SSSR count). The summed E-state index contributed by atoms with van der Waals surface area (Å²) in [5.74, 6) is -0.813. The fourth-order valence-electron chi connectivity index (χ4n) is 3.79. The summed E-state index contributed by atoms with van der Waals surface area (Å²) in [6, 6.07) is 12.8. The van der Waals surface area contributed by atoms with Crippen molar-refractivity contribution in [3.05, 3.63) is 72.7 Å². The largest absolute Gasteiger partial charge is 0.459 e. The first-order chi connectivity index (χ1) is 17.5. The normalized spacial score (nSPS) is 16.8. The summed E-state index contributed by atoms with van der Waals surface area (Å²) in [5.41, 5.74) is 1.47. The van der Waals surface area contributed by atoms with E-state index in [2.05, 4.69) is 0 Å². The first-order valence-corrected chi connectivity index (χ1v) is 14.2. The zero-order chi connectivity index (χ0) is 26.8. The molecule has 1 aliphatic rings. The molecular weight excluding hydrogens is 526 g/mol. The predicted molar refractivity (Wildman–Crippen MR) is 128 cm³/mol. The minimum absolute atomic E-state index is 0.00135. The third-order valence-electron chi connectivity index (χ3n) is 5.68. The lowest BCUT2D eigenvalue weighted by Gasteiger charge is -2.38. The van der Waals surface area contributed by atoms with Gasteiger partial charge in [0.05, 0.1) is 16.1 Å². The number of carbonyl (C=O) groups excluding carboxylic acids is 2. The van der Waals surface area contributed by atoms with Gasteiger partial charge in [-0.05, 0) is 60.7 Å². The Balaban J connectivity index is 1.51. The van der Waals surface area contributed by atoms with Crippen LogP contribution in [0.2, 0.25) is 0 Å². The number of hydrogen-bond acceptors (Lipinski definition) is 9. The Bertz CT molecular complexity index is 1490. The van der Waals surface area contributed by atoms with Gasteiger partial charge in [0.2, 0.25) is 10.0 Å². The highest BCUT2D eigenvalue weighted by Crippen LogP contribution is 2.27. The molecule has 12 nitrogen and oxygen atoms in total. The number of sulfone groups is 1. The number of hydrogen-bond donors (Lipinski definition) is 2. The van der Waals surface area contributed by atoms with Gasteiger partial charge in [-0.15, -0.1) is 0 Å². The van der Waals surface area contributed by atoms with Crippen LogP contribution in [0.4, 0.5) is 0 Å². The van der Waals surface area contributed by atoms with Gasteiger partial charge in [0.15, 0.2) is 15.6 Å². The van der Waals surface area contributed by atoms with E-state index in [9.17, 15) is 31.6 Å². The molecule has 1 unspecified atom stereocenters. The third kappa shape index (κ3) is 5.67. The van der Waals surface area contributed by atoms with Gasteiger partial charge >= 0.3 is 0 Å². The molecule has 0 aliphatic carbocycles. The molecule has 37 heavy (non-hydrogen) atoms. The van der Waals surface area contributed by atoms with Crippen molar-refractivity contribution >= 4 is 31.7 Å². The maximum Gasteiger partial charge on any atom is 0.289 e. The number of furan rings is 1. The number of piperazine rings is 1. The minimum Gasteiger partial charge on any atom is -0.459 e. The summed E-state index contributed by atoms with van der Waals surface area (Å²) in [7, 11) is -7.56. The van der Waals surface area contributed by atoms with Crippen molar-refractivity contribution in [2.45, 2.75) is 15.8 Å². The molecule has 0 radical (unpaired) electrons. The van der Waals surface area contributed by atoms with E-state index in [0.29, 0.717) is 11.5 Å². The molecule has 3 aromatic rings. The predicted octanol–water partition coefficient (Wildman–Crippen LogP) is 1.50. The average molecular weight is 550 g/mol. The van der Waals surface area contributed by atoms with Gasteiger partial charge in [-0.2, -0.15) is 4.31 Å². The highest BCUT2D eigenvalue weighted by Gasteiger charge is 2.41. The van der Waals surface area contributed by atoms with Crippen LogP contribution in [0.5, 0.6) is 11.5 Å². The maximum atomic E-state index is 13.4. The Labute approximate surface area is 213 Å². The smallest absolute Gasteiger partial charge is 0.289 e. The van der Waals surface area contributed by atoms with Crippen LogP contribution in [-0.2, 0) is 24.7 Å². The number of carbonyl (C=O) groups is 2. The zero-order valence-corrected chi connectivity index (χ0v) is 21.1. The summed E-state index contributed by atoms with van der Waals surface area (Å²) in [4.78, 5) is 26.3. The van der Waals surface area contributed by atoms with Gasteiger partial charge < -0.3 is 14.1 Å². The molecule has 1 atom stereocenters. The van der Waals surface area contributed by atoms with E-state index >= 15 is 0 Å². The number of nitrogens with one attached hydrogen (secondary N) is 1. The summed E-state index contributed by atoms with van der Waals surface area (Å²) >= 11 is 0. The van der Waals surface area contributed by atoms with E-state index in [1.54, 1.807) is 0 Å². The number of hydroxylamine groups is 1. The molecular formula is C23H23N3O9S2. The highest BCUT2D eigenvalue weighted by atomic mass is 32.2. The van der Waals surface area contributed by atoms with Crippen LogP contribution < -0.4 is 10.2 Å². The second-order valence-electron chi connectivity index (χ2n) is 8.15. The lowest BCUT2D eigenvalue weighted by atomic mass is 10.2. The van der Waals surface area contributed by atoms with Crippen LogP contribution in [0.1, 0.15) is 10.6 Å². The van der Waals surface area contributed by atoms with Crippen molar-refractivity contribution in [3.63, 3.8) is 0 Å². The number of rotatable bonds is 7. The molecule has 14 heteroatoms. The van der Waals surface area contributed by atoms with Crippen LogP contribution in [0, 0.1) is 0 Å². The fraction of sp³-hybridized carbons (Fsp3) is 0.217. The molecule has 1 aliphatic heterocycles. The Morgan fingerprint density at radius 2 is 1.54 bits per heavy atom. The molecule has 1 saturated heterocycles. The molecule has 0 saturated carbocycles. The van der Waals surface area contributed by atoms with Crippen molar-refractivity contribution in [2.75, 3.05) is 25.9 Å². The first kappa shape index (κ1) is 26.3. The number of nitrogens with zero attached hydrogens (tertiary/aromatic N) is 2. The Hall–Kier alpha value is -3.72. The molecule has 0 bridgehead atoms. The lowest BCUT2D eigenvalue weighted by Crippen LogP contribution is -2.61. The van der Waals surface area contributed by atoms with Crippen molar-refractivity contribution < 1.29 is 40.8 Å². The average Bonchev–Trinajstić information content (AvgIpc) is 3.42. The Morgan fingerprint density at radius 3 is 2.05 bits per heavy atom. The van der Waals surface area contributed by atoms with Crippen molar-refractivity contribution in [2.24, 2.45) is 0 Å². The van der Waals surface area contributed by atoms with Gasteiger partial charge in [-0.1, -0.05) is 0 Å². The number of benzene rings is 2. The minimum atomic E-state index is -4.20. The Kier molecular flexibility index (Phi) is 7.36. The molecule has 2 aromatic carbocycles. The van der Waals surface area contributed by atoms with Crippen LogP contribution in [0.25, 0.3) is 0 Å². The molecule has 2 amide bonds. The lowest BCUT2D eigenvalue weighted by molar-refractivity contribution is -0.134. The summed E-state index contributed by atoms with van der Waals surface area (Å²) in [5, 5.41) is 9.20. The monoisotopic (exact) mass is 549 g/mol. The summed E-state index contributed by atoms with van der Waals surface area (Å²) in [6.07, 6.45) is 2.41. The van der Waals surface area contributed by atoms with Crippen molar-refractivity contribution in [1.29, 1.82) is 0 Å². The molecule has 0 spiro atoms. The quantitative estimate of drug-likeness (QED) is 0.328. The van der Waals surface area contributed by atoms with Gasteiger partial charge in [0.1, 0.15) is 17.5 Å². The second-order valence-corrected chi connectivity index (χ2v) is 12.1. The maximum absolute atomic E-state index is 13.4. The Morgan fingerprint density at radius 1 is 0.946 bits per heavy atom. The topological polar surface area (TPSA) is 164 Å². The van der Waals surface area contributed by atoms with E-state index in [-0.39, 0.29) is 35.2 Å². The van der Waals surface area contributed by atoms with Gasteiger partial charge in [-0.25, -0.2) is 22.3 Å². The van der Waals surface area contributed by atoms with Crippen molar-refractivity contribution in [3.8, 4) is 11.5 Å². The number of ether oxygens (including phenoxy) is 1. The third-order valence-corrected chi connectivity index (χ3v) is 8.73. The summed E-state index contributed by atoms with van der Waals surface area (Å²) < 4.78 is 61.6. The second kappa shape index (κ2) is 10.3. The molecule has 1 aromatic heterocycles. The summed E-state index contributed by atoms with van der Waals surface area (Å²) in [6.45, 7) is -0.494. The molecule has 196 valence electrons. The molecule has 1 fully saturated rings. The van der Waals surface area contributed by atoms with Crippen LogP contribution in [0.15, 0.2) is 81.1 Å². The zero-order valence-electron chi connectivity index (χ0n) is 19.5. The van der Waals surface area contributed by atoms with Crippen LogP contribution in [-0.4, -0.2) is 75.0 Å². The van der Waals surface area contributed by atoms with Crippen molar-refractivity contribution in [1.82, 2.24) is 14.7 Å². The van der Waals surface area contributed by atoms with Gasteiger partial charge in [0, 0.05) is 25.9 Å². The SMILES string of the molecule is CS(=O)(=O)c1ccc(Oc2ccc(S(=O)(=O)N3CCN(C(=O)c4ccco4)CC3C(=O)NO)cc2)cc1. The number of sulfonamides is 1. The van der Waals surface area contributed by atoms with Crippen LogP contribution in [0.3, 0.4) is 0 Å². The highest BCUT2D eigenvalue weighted by molar-refractivity contribution is 7.90. The van der Waals surface area contributed by atoms with Crippen LogP contribution >= 0.6 is 0 Å². The first-order valence-electron chi connectivity index (χ1n) is 10.9. The van der Waals surface area contributed by atoms with E-state index in [4.69, 9.17) is 9.15 Å². The molecule has 2 heterocycles. The van der Waals surface area contributed by atoms with E-state index in [1.807, 2.05) is 0 Å². The van der Waals surface area contributed by atoms with Gasteiger partial charge in [0.25, 0.3) is 11.8 Å². The van der Waals surface area contributed by atoms with E-state index in [0.717, 1.165) is 10.6 Å². The van der Waals surface area contributed by atoms with E-state index < -0.39 is 37.7 Å².